The molecule has 1 rings (SSSR count). The molecule has 0 aromatic heterocycles. The second kappa shape index (κ2) is 6.03. The summed E-state index contributed by atoms with van der Waals surface area (Å²) in [6.45, 7) is 4.35. The summed E-state index contributed by atoms with van der Waals surface area (Å²) in [6, 6.07) is 9.99. The van der Waals surface area contributed by atoms with Crippen LogP contribution in [0.4, 0.5) is 0 Å². The summed E-state index contributed by atoms with van der Waals surface area (Å²) in [4.78, 5) is 0. The van der Waals surface area contributed by atoms with Crippen LogP contribution < -0.4 is 0 Å². The standard InChI is InChI=1S/C14H17N/c1-3-4-5-6-12(2)14-9-7-13(11-15)8-10-14/h4-5,7-10,12H,3,6H2,1-2H3/b5-4-. The molecule has 1 heteroatoms. The van der Waals surface area contributed by atoms with Gasteiger partial charge in [-0.15, -0.1) is 0 Å². The van der Waals surface area contributed by atoms with Crippen molar-refractivity contribution in [1.82, 2.24) is 0 Å². The van der Waals surface area contributed by atoms with Crippen molar-refractivity contribution in [3.05, 3.63) is 47.5 Å². The summed E-state index contributed by atoms with van der Waals surface area (Å²) >= 11 is 0. The van der Waals surface area contributed by atoms with E-state index in [1.165, 1.54) is 5.56 Å². The summed E-state index contributed by atoms with van der Waals surface area (Å²) in [5.74, 6) is 0.528. The van der Waals surface area contributed by atoms with Crippen molar-refractivity contribution in [3.8, 4) is 6.07 Å². The number of allylic oxidation sites excluding steroid dienone is 2. The van der Waals surface area contributed by atoms with Gasteiger partial charge in [0.1, 0.15) is 0 Å². The molecule has 0 heterocycles. The van der Waals surface area contributed by atoms with Crippen LogP contribution in [0.15, 0.2) is 36.4 Å². The Morgan fingerprint density at radius 1 is 1.27 bits per heavy atom. The molecule has 0 amide bonds. The quantitative estimate of drug-likeness (QED) is 0.672. The highest BCUT2D eigenvalue weighted by atomic mass is 14.2. The molecule has 1 unspecified atom stereocenters. The lowest BCUT2D eigenvalue weighted by atomic mass is 9.97. The largest absolute Gasteiger partial charge is 0.192 e. The van der Waals surface area contributed by atoms with Crippen LogP contribution in [0.25, 0.3) is 0 Å². The van der Waals surface area contributed by atoms with E-state index in [2.05, 4.69) is 32.1 Å². The molecule has 0 radical (unpaired) electrons. The van der Waals surface area contributed by atoms with Crippen LogP contribution in [0.1, 0.15) is 43.7 Å². The number of nitrogens with zero attached hydrogens (tertiary/aromatic N) is 1. The maximum absolute atomic E-state index is 8.68. The van der Waals surface area contributed by atoms with Crippen LogP contribution in [0, 0.1) is 11.3 Å². The van der Waals surface area contributed by atoms with Gasteiger partial charge in [-0.1, -0.05) is 38.1 Å². The van der Waals surface area contributed by atoms with E-state index < -0.39 is 0 Å². The van der Waals surface area contributed by atoms with E-state index >= 15 is 0 Å². The van der Waals surface area contributed by atoms with Crippen LogP contribution in [-0.4, -0.2) is 0 Å². The van der Waals surface area contributed by atoms with Crippen molar-refractivity contribution in [2.24, 2.45) is 0 Å². The SMILES string of the molecule is CC/C=C\CC(C)c1ccc(C#N)cc1. The molecule has 1 atom stereocenters. The minimum atomic E-state index is 0.528. The van der Waals surface area contributed by atoms with Crippen LogP contribution in [-0.2, 0) is 0 Å². The van der Waals surface area contributed by atoms with E-state index in [9.17, 15) is 0 Å². The molecule has 1 nitrogen and oxygen atoms in total. The molecular formula is C14H17N. The van der Waals surface area contributed by atoms with Crippen molar-refractivity contribution in [3.63, 3.8) is 0 Å². The minimum Gasteiger partial charge on any atom is -0.192 e. The van der Waals surface area contributed by atoms with Gasteiger partial charge in [0.25, 0.3) is 0 Å². The topological polar surface area (TPSA) is 23.8 Å². The third kappa shape index (κ3) is 3.59. The monoisotopic (exact) mass is 199 g/mol. The molecule has 0 N–H and O–H groups in total. The van der Waals surface area contributed by atoms with Gasteiger partial charge in [0.05, 0.1) is 11.6 Å². The third-order valence-electron chi connectivity index (χ3n) is 2.50. The average Bonchev–Trinajstić information content (AvgIpc) is 2.29. The zero-order valence-electron chi connectivity index (χ0n) is 9.40. The normalized spacial score (nSPS) is 12.6. The molecule has 1 aromatic rings. The predicted octanol–water partition coefficient (Wildman–Crippen LogP) is 4.02. The molecule has 0 saturated carbocycles. The Labute approximate surface area is 92.1 Å². The minimum absolute atomic E-state index is 0.528. The molecule has 0 spiro atoms. The maximum atomic E-state index is 8.68. The molecule has 0 bridgehead atoms. The van der Waals surface area contributed by atoms with Crippen molar-refractivity contribution in [1.29, 1.82) is 5.26 Å². The zero-order valence-corrected chi connectivity index (χ0v) is 9.40. The van der Waals surface area contributed by atoms with E-state index in [-0.39, 0.29) is 0 Å². The first-order valence-corrected chi connectivity index (χ1v) is 5.43. The van der Waals surface area contributed by atoms with Gasteiger partial charge in [-0.3, -0.25) is 0 Å². The predicted molar refractivity (Wildman–Crippen MR) is 63.6 cm³/mol. The molecular weight excluding hydrogens is 182 g/mol. The molecule has 0 aliphatic rings. The van der Waals surface area contributed by atoms with Gasteiger partial charge in [-0.25, -0.2) is 0 Å². The first-order chi connectivity index (χ1) is 7.27. The van der Waals surface area contributed by atoms with E-state index in [4.69, 9.17) is 5.26 Å². The van der Waals surface area contributed by atoms with Gasteiger partial charge < -0.3 is 0 Å². The van der Waals surface area contributed by atoms with E-state index in [1.54, 1.807) is 0 Å². The first-order valence-electron chi connectivity index (χ1n) is 5.43. The smallest absolute Gasteiger partial charge is 0.0991 e. The Bertz CT molecular complexity index is 354. The van der Waals surface area contributed by atoms with Crippen molar-refractivity contribution in [2.45, 2.75) is 32.6 Å². The molecule has 78 valence electrons. The number of nitriles is 1. The van der Waals surface area contributed by atoms with Crippen molar-refractivity contribution in [2.75, 3.05) is 0 Å². The maximum Gasteiger partial charge on any atom is 0.0991 e. The lowest BCUT2D eigenvalue weighted by Gasteiger charge is -2.08. The van der Waals surface area contributed by atoms with Crippen LogP contribution in [0.3, 0.4) is 0 Å². The molecule has 1 aromatic carbocycles. The Morgan fingerprint density at radius 3 is 2.47 bits per heavy atom. The van der Waals surface area contributed by atoms with E-state index in [0.29, 0.717) is 5.92 Å². The molecule has 0 aliphatic carbocycles. The highest BCUT2D eigenvalue weighted by Crippen LogP contribution is 2.19. The second-order valence-corrected chi connectivity index (χ2v) is 3.75. The zero-order chi connectivity index (χ0) is 11.1. The Hall–Kier alpha value is -1.55. The van der Waals surface area contributed by atoms with Gasteiger partial charge in [0.2, 0.25) is 0 Å². The fourth-order valence-corrected chi connectivity index (χ4v) is 1.49. The van der Waals surface area contributed by atoms with Gasteiger partial charge in [0.15, 0.2) is 0 Å². The van der Waals surface area contributed by atoms with Crippen molar-refractivity contribution < 1.29 is 0 Å². The lowest BCUT2D eigenvalue weighted by molar-refractivity contribution is 0.778. The number of hydrogen-bond acceptors (Lipinski definition) is 1. The van der Waals surface area contributed by atoms with E-state index in [0.717, 1.165) is 18.4 Å². The van der Waals surface area contributed by atoms with Crippen LogP contribution in [0.5, 0.6) is 0 Å². The number of hydrogen-bond donors (Lipinski definition) is 0. The third-order valence-corrected chi connectivity index (χ3v) is 2.50. The number of rotatable bonds is 4. The summed E-state index contributed by atoms with van der Waals surface area (Å²) in [5, 5.41) is 8.68. The van der Waals surface area contributed by atoms with Gasteiger partial charge in [0, 0.05) is 0 Å². The summed E-state index contributed by atoms with van der Waals surface area (Å²) in [5.41, 5.74) is 2.03. The number of benzene rings is 1. The van der Waals surface area contributed by atoms with Gasteiger partial charge in [-0.05, 0) is 36.5 Å². The average molecular weight is 199 g/mol. The Kier molecular flexibility index (Phi) is 4.63. The Morgan fingerprint density at radius 2 is 1.93 bits per heavy atom. The van der Waals surface area contributed by atoms with E-state index in [1.807, 2.05) is 24.3 Å². The summed E-state index contributed by atoms with van der Waals surface area (Å²) < 4.78 is 0. The fourth-order valence-electron chi connectivity index (χ4n) is 1.49. The second-order valence-electron chi connectivity index (χ2n) is 3.75. The van der Waals surface area contributed by atoms with Crippen LogP contribution in [0.2, 0.25) is 0 Å². The van der Waals surface area contributed by atoms with Crippen LogP contribution >= 0.6 is 0 Å². The molecule has 0 fully saturated rings. The highest BCUT2D eigenvalue weighted by Gasteiger charge is 2.02. The van der Waals surface area contributed by atoms with Gasteiger partial charge in [-0.2, -0.15) is 5.26 Å². The highest BCUT2D eigenvalue weighted by molar-refractivity contribution is 5.33. The molecule has 0 saturated heterocycles. The molecule has 0 aliphatic heterocycles. The van der Waals surface area contributed by atoms with Crippen molar-refractivity contribution >= 4 is 0 Å². The summed E-state index contributed by atoms with van der Waals surface area (Å²) in [7, 11) is 0. The first kappa shape index (κ1) is 11.5. The lowest BCUT2D eigenvalue weighted by Crippen LogP contribution is -1.91. The fraction of sp³-hybridized carbons (Fsp3) is 0.357. The Balaban J connectivity index is 2.62. The summed E-state index contributed by atoms with van der Waals surface area (Å²) in [6.07, 6.45) is 6.59. The molecule has 15 heavy (non-hydrogen) atoms. The van der Waals surface area contributed by atoms with Gasteiger partial charge >= 0.3 is 0 Å².